The third-order valence-corrected chi connectivity index (χ3v) is 4.99. The fraction of sp³-hybridized carbons (Fsp3) is 0.429. The summed E-state index contributed by atoms with van der Waals surface area (Å²) in [6.07, 6.45) is 2.41. The number of hydrogen-bond acceptors (Lipinski definition) is 4. The lowest BCUT2D eigenvalue weighted by Crippen LogP contribution is -2.32. The highest BCUT2D eigenvalue weighted by Gasteiger charge is 2.21. The fourth-order valence-electron chi connectivity index (χ4n) is 3.63. The molecule has 4 nitrogen and oxygen atoms in total. The number of ether oxygens (including phenoxy) is 3. The molecule has 0 spiro atoms. The minimum atomic E-state index is 0.650. The van der Waals surface area contributed by atoms with Crippen LogP contribution in [0.3, 0.4) is 0 Å². The van der Waals surface area contributed by atoms with Gasteiger partial charge >= 0.3 is 0 Å². The summed E-state index contributed by atoms with van der Waals surface area (Å²) in [6, 6.07) is 15.0. The molecule has 3 rings (SSSR count). The van der Waals surface area contributed by atoms with E-state index >= 15 is 0 Å². The maximum absolute atomic E-state index is 5.46. The molecule has 0 N–H and O–H groups in total. The van der Waals surface area contributed by atoms with Gasteiger partial charge in [-0.15, -0.1) is 0 Å². The van der Waals surface area contributed by atoms with E-state index in [0.29, 0.717) is 11.7 Å². The summed E-state index contributed by atoms with van der Waals surface area (Å²) in [5.74, 6) is 2.76. The van der Waals surface area contributed by atoms with Crippen molar-refractivity contribution in [1.82, 2.24) is 4.90 Å². The van der Waals surface area contributed by atoms with Crippen molar-refractivity contribution in [2.24, 2.45) is 0 Å². The lowest BCUT2D eigenvalue weighted by atomic mass is 9.89. The van der Waals surface area contributed by atoms with Crippen LogP contribution in [0.15, 0.2) is 42.5 Å². The molecule has 134 valence electrons. The Bertz CT molecular complexity index is 654. The zero-order valence-electron chi connectivity index (χ0n) is 15.3. The van der Waals surface area contributed by atoms with Gasteiger partial charge in [0.2, 0.25) is 5.75 Å². The predicted octanol–water partition coefficient (Wildman–Crippen LogP) is 4.09. The van der Waals surface area contributed by atoms with Crippen molar-refractivity contribution in [1.29, 1.82) is 0 Å². The normalized spacial score (nSPS) is 15.8. The minimum Gasteiger partial charge on any atom is -0.493 e. The molecule has 0 unspecified atom stereocenters. The van der Waals surface area contributed by atoms with Crippen LogP contribution >= 0.6 is 0 Å². The van der Waals surface area contributed by atoms with Crippen LogP contribution in [0.5, 0.6) is 17.2 Å². The van der Waals surface area contributed by atoms with Crippen molar-refractivity contribution in [3.05, 3.63) is 53.6 Å². The second kappa shape index (κ2) is 8.26. The molecule has 2 aromatic rings. The van der Waals surface area contributed by atoms with Gasteiger partial charge in [-0.3, -0.25) is 4.90 Å². The Labute approximate surface area is 150 Å². The Morgan fingerprint density at radius 2 is 1.48 bits per heavy atom. The van der Waals surface area contributed by atoms with E-state index in [4.69, 9.17) is 14.2 Å². The average Bonchev–Trinajstić information content (AvgIpc) is 2.68. The standard InChI is InChI=1S/C21H27NO3/c1-23-19-13-16(14-20(24-2)21(19)25-3)15-22-11-9-18(10-12-22)17-7-5-4-6-8-17/h4-8,13-14,18H,9-12,15H2,1-3H3. The van der Waals surface area contributed by atoms with Crippen LogP contribution in [-0.4, -0.2) is 39.3 Å². The van der Waals surface area contributed by atoms with Gasteiger partial charge in [0.15, 0.2) is 11.5 Å². The lowest BCUT2D eigenvalue weighted by molar-refractivity contribution is 0.204. The monoisotopic (exact) mass is 341 g/mol. The van der Waals surface area contributed by atoms with Crippen LogP contribution in [-0.2, 0) is 6.54 Å². The highest BCUT2D eigenvalue weighted by Crippen LogP contribution is 2.39. The molecule has 1 aliphatic heterocycles. The third kappa shape index (κ3) is 4.07. The van der Waals surface area contributed by atoms with E-state index in [-0.39, 0.29) is 0 Å². The van der Waals surface area contributed by atoms with E-state index in [0.717, 1.165) is 31.1 Å². The smallest absolute Gasteiger partial charge is 0.203 e. The van der Waals surface area contributed by atoms with Crippen molar-refractivity contribution in [3.8, 4) is 17.2 Å². The van der Waals surface area contributed by atoms with E-state index in [9.17, 15) is 0 Å². The molecular weight excluding hydrogens is 314 g/mol. The molecule has 0 bridgehead atoms. The molecule has 1 fully saturated rings. The molecule has 25 heavy (non-hydrogen) atoms. The van der Waals surface area contributed by atoms with E-state index in [1.54, 1.807) is 21.3 Å². The van der Waals surface area contributed by atoms with Gasteiger partial charge in [-0.05, 0) is 55.1 Å². The molecule has 4 heteroatoms. The van der Waals surface area contributed by atoms with E-state index in [2.05, 4.69) is 35.2 Å². The molecule has 0 amide bonds. The second-order valence-electron chi connectivity index (χ2n) is 6.49. The third-order valence-electron chi connectivity index (χ3n) is 4.99. The molecular formula is C21H27NO3. The van der Waals surface area contributed by atoms with Gasteiger partial charge in [-0.2, -0.15) is 0 Å². The molecule has 0 saturated carbocycles. The quantitative estimate of drug-likeness (QED) is 0.792. The van der Waals surface area contributed by atoms with Gasteiger partial charge in [0.05, 0.1) is 21.3 Å². The van der Waals surface area contributed by atoms with Gasteiger partial charge < -0.3 is 14.2 Å². The number of piperidine rings is 1. The molecule has 0 atom stereocenters. The Morgan fingerprint density at radius 3 is 2.00 bits per heavy atom. The Balaban J connectivity index is 1.66. The summed E-state index contributed by atoms with van der Waals surface area (Å²) in [6.45, 7) is 3.12. The summed E-state index contributed by atoms with van der Waals surface area (Å²) in [5, 5.41) is 0. The first-order chi connectivity index (χ1) is 12.2. The first-order valence-electron chi connectivity index (χ1n) is 8.81. The SMILES string of the molecule is COc1cc(CN2CCC(c3ccccc3)CC2)cc(OC)c1OC. The molecule has 1 heterocycles. The minimum absolute atomic E-state index is 0.650. The van der Waals surface area contributed by atoms with Crippen molar-refractivity contribution in [3.63, 3.8) is 0 Å². The largest absolute Gasteiger partial charge is 0.493 e. The number of likely N-dealkylation sites (tertiary alicyclic amines) is 1. The molecule has 0 radical (unpaired) electrons. The zero-order chi connectivity index (χ0) is 17.6. The maximum Gasteiger partial charge on any atom is 0.203 e. The summed E-state index contributed by atoms with van der Waals surface area (Å²) < 4.78 is 16.3. The Hall–Kier alpha value is -2.20. The first-order valence-corrected chi connectivity index (χ1v) is 8.81. The molecule has 0 aromatic heterocycles. The van der Waals surface area contributed by atoms with Gasteiger partial charge in [0, 0.05) is 6.54 Å². The van der Waals surface area contributed by atoms with Gasteiger partial charge in [-0.1, -0.05) is 30.3 Å². The second-order valence-corrected chi connectivity index (χ2v) is 6.49. The van der Waals surface area contributed by atoms with Crippen molar-refractivity contribution >= 4 is 0 Å². The van der Waals surface area contributed by atoms with Gasteiger partial charge in [0.1, 0.15) is 0 Å². The highest BCUT2D eigenvalue weighted by molar-refractivity contribution is 5.53. The van der Waals surface area contributed by atoms with Crippen LogP contribution in [0.4, 0.5) is 0 Å². The van der Waals surface area contributed by atoms with Crippen LogP contribution in [0.1, 0.15) is 29.9 Å². The topological polar surface area (TPSA) is 30.9 Å². The van der Waals surface area contributed by atoms with Crippen molar-refractivity contribution < 1.29 is 14.2 Å². The average molecular weight is 341 g/mol. The van der Waals surface area contributed by atoms with Crippen LogP contribution < -0.4 is 14.2 Å². The zero-order valence-corrected chi connectivity index (χ0v) is 15.3. The number of rotatable bonds is 6. The summed E-state index contributed by atoms with van der Waals surface area (Å²) in [7, 11) is 4.95. The van der Waals surface area contributed by atoms with Crippen LogP contribution in [0.25, 0.3) is 0 Å². The number of hydrogen-bond donors (Lipinski definition) is 0. The summed E-state index contributed by atoms with van der Waals surface area (Å²) in [5.41, 5.74) is 2.66. The number of benzene rings is 2. The molecule has 2 aromatic carbocycles. The number of methoxy groups -OCH3 is 3. The van der Waals surface area contributed by atoms with Gasteiger partial charge in [-0.25, -0.2) is 0 Å². The van der Waals surface area contributed by atoms with E-state index in [1.165, 1.54) is 24.0 Å². The highest BCUT2D eigenvalue weighted by atomic mass is 16.5. The lowest BCUT2D eigenvalue weighted by Gasteiger charge is -2.32. The molecule has 1 aliphatic rings. The number of nitrogens with zero attached hydrogens (tertiary/aromatic N) is 1. The summed E-state index contributed by atoms with van der Waals surface area (Å²) in [4.78, 5) is 2.50. The first kappa shape index (κ1) is 17.6. The van der Waals surface area contributed by atoms with Crippen LogP contribution in [0, 0.1) is 0 Å². The van der Waals surface area contributed by atoms with E-state index in [1.807, 2.05) is 12.1 Å². The van der Waals surface area contributed by atoms with Crippen LogP contribution in [0.2, 0.25) is 0 Å². The molecule has 1 saturated heterocycles. The van der Waals surface area contributed by atoms with Crippen molar-refractivity contribution in [2.75, 3.05) is 34.4 Å². The Kier molecular flexibility index (Phi) is 5.82. The fourth-order valence-corrected chi connectivity index (χ4v) is 3.63. The van der Waals surface area contributed by atoms with Crippen molar-refractivity contribution in [2.45, 2.75) is 25.3 Å². The molecule has 0 aliphatic carbocycles. The summed E-state index contributed by atoms with van der Waals surface area (Å²) >= 11 is 0. The Morgan fingerprint density at radius 1 is 0.880 bits per heavy atom. The predicted molar refractivity (Wildman–Crippen MR) is 99.8 cm³/mol. The van der Waals surface area contributed by atoms with E-state index < -0.39 is 0 Å². The maximum atomic E-state index is 5.46. The van der Waals surface area contributed by atoms with Gasteiger partial charge in [0.25, 0.3) is 0 Å².